The summed E-state index contributed by atoms with van der Waals surface area (Å²) in [5.74, 6) is 0.711. The predicted octanol–water partition coefficient (Wildman–Crippen LogP) is 2.37. The van der Waals surface area contributed by atoms with Gasteiger partial charge in [-0.2, -0.15) is 5.26 Å². The molecule has 2 aromatic carbocycles. The van der Waals surface area contributed by atoms with Gasteiger partial charge in [0.1, 0.15) is 11.8 Å². The molecule has 0 saturated carbocycles. The number of nitrogens with one attached hydrogen (secondary N) is 1. The van der Waals surface area contributed by atoms with Crippen LogP contribution in [-0.4, -0.2) is 11.7 Å². The molecule has 0 aliphatic rings. The summed E-state index contributed by atoms with van der Waals surface area (Å²) in [6, 6.07) is 17.5. The van der Waals surface area contributed by atoms with Gasteiger partial charge in [0, 0.05) is 13.1 Å². The molecule has 0 unspecified atom stereocenters. The van der Waals surface area contributed by atoms with Crippen LogP contribution in [-0.2, 0) is 19.7 Å². The summed E-state index contributed by atoms with van der Waals surface area (Å²) in [5, 5.41) is 20.8. The van der Waals surface area contributed by atoms with E-state index in [0.717, 1.165) is 24.2 Å². The molecule has 21 heavy (non-hydrogen) atoms. The molecule has 0 radical (unpaired) electrons. The van der Waals surface area contributed by atoms with Gasteiger partial charge in [-0.25, -0.2) is 0 Å². The zero-order valence-corrected chi connectivity index (χ0v) is 11.7. The quantitative estimate of drug-likeness (QED) is 0.818. The Kier molecular flexibility index (Phi) is 5.77. The number of rotatable bonds is 7. The summed E-state index contributed by atoms with van der Waals surface area (Å²) < 4.78 is 5.27. The second kappa shape index (κ2) is 8.05. The van der Waals surface area contributed by atoms with E-state index in [9.17, 15) is 0 Å². The Hall–Kier alpha value is -2.35. The molecule has 4 nitrogen and oxygen atoms in total. The van der Waals surface area contributed by atoms with E-state index in [4.69, 9.17) is 15.1 Å². The van der Waals surface area contributed by atoms with E-state index in [1.165, 1.54) is 5.56 Å². The van der Waals surface area contributed by atoms with Crippen molar-refractivity contribution in [2.45, 2.75) is 19.7 Å². The minimum Gasteiger partial charge on any atom is -0.479 e. The van der Waals surface area contributed by atoms with E-state index >= 15 is 0 Å². The molecule has 0 fully saturated rings. The number of ether oxygens (including phenoxy) is 1. The van der Waals surface area contributed by atoms with Gasteiger partial charge in [0.15, 0.2) is 6.61 Å². The van der Waals surface area contributed by atoms with Crippen LogP contribution in [0.3, 0.4) is 0 Å². The van der Waals surface area contributed by atoms with Gasteiger partial charge in [-0.15, -0.1) is 0 Å². The fourth-order valence-corrected chi connectivity index (χ4v) is 1.97. The third-order valence-corrected chi connectivity index (χ3v) is 3.07. The fourth-order valence-electron chi connectivity index (χ4n) is 1.97. The number of benzene rings is 2. The van der Waals surface area contributed by atoms with Crippen molar-refractivity contribution in [3.8, 4) is 11.8 Å². The molecule has 0 spiro atoms. The van der Waals surface area contributed by atoms with Crippen LogP contribution in [0.1, 0.15) is 16.7 Å². The Labute approximate surface area is 124 Å². The van der Waals surface area contributed by atoms with Crippen molar-refractivity contribution in [1.29, 1.82) is 5.26 Å². The van der Waals surface area contributed by atoms with Gasteiger partial charge in [-0.3, -0.25) is 0 Å². The van der Waals surface area contributed by atoms with Crippen molar-refractivity contribution in [2.75, 3.05) is 6.61 Å². The van der Waals surface area contributed by atoms with Crippen LogP contribution in [0, 0.1) is 11.3 Å². The van der Waals surface area contributed by atoms with Crippen LogP contribution in [0.25, 0.3) is 0 Å². The third-order valence-electron chi connectivity index (χ3n) is 3.07. The Morgan fingerprint density at radius 2 is 1.71 bits per heavy atom. The van der Waals surface area contributed by atoms with Crippen molar-refractivity contribution in [3.63, 3.8) is 0 Å². The summed E-state index contributed by atoms with van der Waals surface area (Å²) >= 11 is 0. The van der Waals surface area contributed by atoms with Crippen LogP contribution < -0.4 is 10.1 Å². The highest BCUT2D eigenvalue weighted by atomic mass is 16.5. The third kappa shape index (κ3) is 4.92. The normalized spacial score (nSPS) is 10.1. The molecule has 2 rings (SSSR count). The molecule has 0 aliphatic carbocycles. The van der Waals surface area contributed by atoms with Gasteiger partial charge < -0.3 is 15.2 Å². The van der Waals surface area contributed by atoms with Crippen molar-refractivity contribution < 1.29 is 9.84 Å². The summed E-state index contributed by atoms with van der Waals surface area (Å²) in [4.78, 5) is 0. The molecule has 0 amide bonds. The first kappa shape index (κ1) is 15.0. The number of nitriles is 1. The number of aliphatic hydroxyl groups is 1. The number of hydrogen-bond acceptors (Lipinski definition) is 4. The average molecular weight is 282 g/mol. The fraction of sp³-hybridized carbons (Fsp3) is 0.235. The second-order valence-electron chi connectivity index (χ2n) is 4.67. The van der Waals surface area contributed by atoms with Gasteiger partial charge in [-0.1, -0.05) is 36.4 Å². The lowest BCUT2D eigenvalue weighted by Crippen LogP contribution is -2.12. The van der Waals surface area contributed by atoms with Gasteiger partial charge >= 0.3 is 0 Å². The summed E-state index contributed by atoms with van der Waals surface area (Å²) in [5.41, 5.74) is 3.20. The summed E-state index contributed by atoms with van der Waals surface area (Å²) in [7, 11) is 0. The first-order chi connectivity index (χ1) is 10.3. The lowest BCUT2D eigenvalue weighted by atomic mass is 10.1. The lowest BCUT2D eigenvalue weighted by molar-refractivity contribution is 0.282. The van der Waals surface area contributed by atoms with Crippen LogP contribution in [0.2, 0.25) is 0 Å². The lowest BCUT2D eigenvalue weighted by Gasteiger charge is -2.08. The van der Waals surface area contributed by atoms with Crippen molar-refractivity contribution in [1.82, 2.24) is 5.32 Å². The van der Waals surface area contributed by atoms with Gasteiger partial charge in [0.25, 0.3) is 0 Å². The first-order valence-electron chi connectivity index (χ1n) is 6.80. The molecule has 108 valence electrons. The maximum Gasteiger partial charge on any atom is 0.174 e. The molecule has 4 heteroatoms. The van der Waals surface area contributed by atoms with Crippen LogP contribution in [0.4, 0.5) is 0 Å². The van der Waals surface area contributed by atoms with E-state index < -0.39 is 0 Å². The smallest absolute Gasteiger partial charge is 0.174 e. The largest absolute Gasteiger partial charge is 0.479 e. The predicted molar refractivity (Wildman–Crippen MR) is 80.5 cm³/mol. The standard InChI is InChI=1S/C17H18N2O2/c18-8-9-21-17-3-1-2-16(10-17)12-19-11-14-4-6-15(13-20)7-5-14/h1-7,10,19-20H,9,11-13H2. The Morgan fingerprint density at radius 1 is 1.00 bits per heavy atom. The average Bonchev–Trinajstić information content (AvgIpc) is 2.54. The Morgan fingerprint density at radius 3 is 2.43 bits per heavy atom. The first-order valence-corrected chi connectivity index (χ1v) is 6.80. The van der Waals surface area contributed by atoms with Crippen LogP contribution in [0.15, 0.2) is 48.5 Å². The zero-order valence-electron chi connectivity index (χ0n) is 11.7. The SMILES string of the molecule is N#CCOc1cccc(CNCc2ccc(CO)cc2)c1. The van der Waals surface area contributed by atoms with Crippen LogP contribution >= 0.6 is 0 Å². The topological polar surface area (TPSA) is 65.3 Å². The van der Waals surface area contributed by atoms with E-state index in [1.807, 2.05) is 54.6 Å². The van der Waals surface area contributed by atoms with E-state index in [0.29, 0.717) is 5.75 Å². The molecule has 2 aromatic rings. The van der Waals surface area contributed by atoms with Gasteiger partial charge in [0.2, 0.25) is 0 Å². The van der Waals surface area contributed by atoms with Gasteiger partial charge in [0.05, 0.1) is 6.61 Å². The maximum atomic E-state index is 8.99. The minimum absolute atomic E-state index is 0.0636. The molecule has 0 heterocycles. The maximum absolute atomic E-state index is 8.99. The summed E-state index contributed by atoms with van der Waals surface area (Å²) in [6.45, 7) is 1.62. The zero-order chi connectivity index (χ0) is 14.9. The molecule has 0 saturated heterocycles. The Balaban J connectivity index is 1.83. The van der Waals surface area contributed by atoms with E-state index in [2.05, 4.69) is 5.32 Å². The summed E-state index contributed by atoms with van der Waals surface area (Å²) in [6.07, 6.45) is 0. The molecule has 0 aliphatic heterocycles. The van der Waals surface area contributed by atoms with Crippen molar-refractivity contribution >= 4 is 0 Å². The van der Waals surface area contributed by atoms with E-state index in [1.54, 1.807) is 0 Å². The molecule has 0 bridgehead atoms. The number of nitrogens with zero attached hydrogens (tertiary/aromatic N) is 1. The highest BCUT2D eigenvalue weighted by molar-refractivity contribution is 5.29. The monoisotopic (exact) mass is 282 g/mol. The van der Waals surface area contributed by atoms with Crippen LogP contribution in [0.5, 0.6) is 5.75 Å². The minimum atomic E-state index is 0.0636. The Bertz CT molecular complexity index is 603. The second-order valence-corrected chi connectivity index (χ2v) is 4.67. The van der Waals surface area contributed by atoms with Crippen molar-refractivity contribution in [2.24, 2.45) is 0 Å². The molecular weight excluding hydrogens is 264 g/mol. The van der Waals surface area contributed by atoms with Crippen molar-refractivity contribution in [3.05, 3.63) is 65.2 Å². The van der Waals surface area contributed by atoms with Gasteiger partial charge in [-0.05, 0) is 28.8 Å². The number of hydrogen-bond donors (Lipinski definition) is 2. The molecular formula is C17H18N2O2. The number of aliphatic hydroxyl groups excluding tert-OH is 1. The van der Waals surface area contributed by atoms with E-state index in [-0.39, 0.29) is 13.2 Å². The molecule has 2 N–H and O–H groups in total. The highest BCUT2D eigenvalue weighted by Gasteiger charge is 1.98. The highest BCUT2D eigenvalue weighted by Crippen LogP contribution is 2.13. The molecule has 0 atom stereocenters. The molecule has 0 aromatic heterocycles.